The lowest BCUT2D eigenvalue weighted by Crippen LogP contribution is -2.53. The minimum absolute atomic E-state index is 0.141. The standard InChI is InChI=1S/C31H44N6O4S2/c1-21-16-37(17-22(2)41-21)26-8-12-35(13-9-26)18-25-19-42-29-27(33-31(34-28(25)29)36-10-6-5-7-11-36)23-14-24(20-43(4,38)39)30(40-3)32-15-23/h14-15,19,21-22,26H,5-13,16-18,20H2,1-4H3/t21-,22+. The van der Waals surface area contributed by atoms with E-state index in [1.165, 1.54) is 38.2 Å². The number of morpholine rings is 1. The summed E-state index contributed by atoms with van der Waals surface area (Å²) in [4.78, 5) is 22.2. The number of nitrogens with zero attached hydrogens (tertiary/aromatic N) is 6. The van der Waals surface area contributed by atoms with Crippen LogP contribution in [-0.4, -0.2) is 104 Å². The van der Waals surface area contributed by atoms with Gasteiger partial charge in [-0.1, -0.05) is 0 Å². The first kappa shape index (κ1) is 30.6. The molecule has 0 N–H and O–H groups in total. The maximum atomic E-state index is 12.2. The molecule has 0 amide bonds. The Morgan fingerprint density at radius 3 is 2.42 bits per heavy atom. The smallest absolute Gasteiger partial charge is 0.226 e. The molecule has 234 valence electrons. The molecule has 0 spiro atoms. The van der Waals surface area contributed by atoms with E-state index in [4.69, 9.17) is 19.4 Å². The van der Waals surface area contributed by atoms with Crippen LogP contribution in [0.5, 0.6) is 5.88 Å². The normalized spacial score (nSPS) is 23.2. The zero-order chi connectivity index (χ0) is 30.1. The maximum Gasteiger partial charge on any atom is 0.226 e. The van der Waals surface area contributed by atoms with Crippen LogP contribution in [0.25, 0.3) is 21.5 Å². The van der Waals surface area contributed by atoms with Gasteiger partial charge < -0.3 is 14.4 Å². The topological polar surface area (TPSA) is 101 Å². The fourth-order valence-electron chi connectivity index (χ4n) is 6.89. The molecule has 3 aromatic heterocycles. The lowest BCUT2D eigenvalue weighted by Gasteiger charge is -2.43. The van der Waals surface area contributed by atoms with E-state index in [0.29, 0.717) is 29.7 Å². The molecule has 2 atom stereocenters. The Labute approximate surface area is 259 Å². The summed E-state index contributed by atoms with van der Waals surface area (Å²) in [5, 5.41) is 2.23. The number of hydrogen-bond acceptors (Lipinski definition) is 11. The van der Waals surface area contributed by atoms with Crippen LogP contribution in [0.2, 0.25) is 0 Å². The Morgan fingerprint density at radius 2 is 1.74 bits per heavy atom. The zero-order valence-corrected chi connectivity index (χ0v) is 27.4. The monoisotopic (exact) mass is 628 g/mol. The predicted molar refractivity (Wildman–Crippen MR) is 172 cm³/mol. The fourth-order valence-corrected chi connectivity index (χ4v) is 8.67. The zero-order valence-electron chi connectivity index (χ0n) is 25.8. The highest BCUT2D eigenvalue weighted by Gasteiger charge is 2.31. The molecule has 12 heteroatoms. The van der Waals surface area contributed by atoms with Crippen molar-refractivity contribution in [2.45, 2.75) is 76.5 Å². The second-order valence-electron chi connectivity index (χ2n) is 12.5. The molecular weight excluding hydrogens is 585 g/mol. The van der Waals surface area contributed by atoms with Crippen LogP contribution in [0.4, 0.5) is 5.95 Å². The summed E-state index contributed by atoms with van der Waals surface area (Å²) < 4.78 is 36.8. The number of piperidine rings is 2. The number of hydrogen-bond donors (Lipinski definition) is 0. The molecule has 6 rings (SSSR count). The minimum atomic E-state index is -3.28. The average Bonchev–Trinajstić information content (AvgIpc) is 3.38. The van der Waals surface area contributed by atoms with Gasteiger partial charge in [-0.25, -0.2) is 23.4 Å². The molecule has 0 aromatic carbocycles. The summed E-state index contributed by atoms with van der Waals surface area (Å²) in [6.07, 6.45) is 9.39. The number of fused-ring (bicyclic) bond motifs is 1. The molecular formula is C31H44N6O4S2. The van der Waals surface area contributed by atoms with Crippen molar-refractivity contribution >= 4 is 37.3 Å². The third kappa shape index (κ3) is 7.14. The van der Waals surface area contributed by atoms with Gasteiger partial charge in [0.25, 0.3) is 0 Å². The van der Waals surface area contributed by atoms with Crippen LogP contribution in [0, 0.1) is 0 Å². The summed E-state index contributed by atoms with van der Waals surface area (Å²) in [7, 11) is -1.76. The SMILES string of the molecule is COc1ncc(-c2nc(N3CCCCC3)nc3c(CN4CCC(N5C[C@@H](C)O[C@@H](C)C5)CC4)csc23)cc1CS(C)(=O)=O. The molecule has 3 aliphatic rings. The fraction of sp³-hybridized carbons (Fsp3) is 0.645. The van der Waals surface area contributed by atoms with Crippen molar-refractivity contribution in [2.24, 2.45) is 0 Å². The molecule has 0 saturated carbocycles. The minimum Gasteiger partial charge on any atom is -0.481 e. The van der Waals surface area contributed by atoms with Crippen LogP contribution in [0.3, 0.4) is 0 Å². The molecule has 43 heavy (non-hydrogen) atoms. The first-order chi connectivity index (χ1) is 20.7. The predicted octanol–water partition coefficient (Wildman–Crippen LogP) is 4.37. The molecule has 0 aliphatic carbocycles. The van der Waals surface area contributed by atoms with Crippen molar-refractivity contribution < 1.29 is 17.9 Å². The number of sulfone groups is 1. The average molecular weight is 629 g/mol. The highest BCUT2D eigenvalue weighted by molar-refractivity contribution is 7.89. The van der Waals surface area contributed by atoms with E-state index >= 15 is 0 Å². The summed E-state index contributed by atoms with van der Waals surface area (Å²) in [5.74, 6) is 0.932. The first-order valence-corrected chi connectivity index (χ1v) is 18.5. The van der Waals surface area contributed by atoms with Crippen molar-refractivity contribution in [1.82, 2.24) is 24.8 Å². The van der Waals surface area contributed by atoms with Crippen LogP contribution < -0.4 is 9.64 Å². The number of ether oxygens (including phenoxy) is 2. The van der Waals surface area contributed by atoms with Gasteiger partial charge in [0.1, 0.15) is 0 Å². The summed E-state index contributed by atoms with van der Waals surface area (Å²) in [6.45, 7) is 11.3. The highest BCUT2D eigenvalue weighted by atomic mass is 32.2. The number of rotatable bonds is 8. The number of methoxy groups -OCH3 is 1. The van der Waals surface area contributed by atoms with Crippen molar-refractivity contribution in [3.05, 3.63) is 28.8 Å². The van der Waals surface area contributed by atoms with Gasteiger partial charge in [0.05, 0.1) is 41.0 Å². The Morgan fingerprint density at radius 1 is 1.02 bits per heavy atom. The van der Waals surface area contributed by atoms with Gasteiger partial charge in [-0.15, -0.1) is 11.3 Å². The van der Waals surface area contributed by atoms with E-state index < -0.39 is 9.84 Å². The molecule has 3 saturated heterocycles. The molecule has 0 unspecified atom stereocenters. The van der Waals surface area contributed by atoms with Crippen molar-refractivity contribution in [1.29, 1.82) is 0 Å². The number of aromatic nitrogens is 3. The summed E-state index contributed by atoms with van der Waals surface area (Å²) in [5.41, 5.74) is 4.35. The van der Waals surface area contributed by atoms with Gasteiger partial charge in [0.2, 0.25) is 11.8 Å². The van der Waals surface area contributed by atoms with Gasteiger partial charge in [-0.05, 0) is 70.5 Å². The quantitative estimate of drug-likeness (QED) is 0.358. The van der Waals surface area contributed by atoms with Crippen molar-refractivity contribution in [2.75, 3.05) is 57.5 Å². The first-order valence-electron chi connectivity index (χ1n) is 15.5. The Bertz CT molecular complexity index is 1520. The van der Waals surface area contributed by atoms with Crippen LogP contribution in [0.15, 0.2) is 17.6 Å². The lowest BCUT2D eigenvalue weighted by atomic mass is 10.0. The van der Waals surface area contributed by atoms with E-state index in [-0.39, 0.29) is 5.75 Å². The van der Waals surface area contributed by atoms with E-state index in [2.05, 4.69) is 38.9 Å². The van der Waals surface area contributed by atoms with Gasteiger partial charge in [-0.3, -0.25) is 9.80 Å². The number of anilines is 1. The van der Waals surface area contributed by atoms with Crippen LogP contribution in [-0.2, 0) is 26.9 Å². The third-order valence-electron chi connectivity index (χ3n) is 8.84. The largest absolute Gasteiger partial charge is 0.481 e. The van der Waals surface area contributed by atoms with E-state index in [1.807, 2.05) is 6.07 Å². The second-order valence-corrected chi connectivity index (χ2v) is 15.6. The highest BCUT2D eigenvalue weighted by Crippen LogP contribution is 2.37. The number of pyridine rings is 1. The molecule has 3 aromatic rings. The Hall–Kier alpha value is -2.38. The number of likely N-dealkylation sites (tertiary alicyclic amines) is 1. The van der Waals surface area contributed by atoms with E-state index in [9.17, 15) is 8.42 Å². The van der Waals surface area contributed by atoms with Gasteiger partial charge in [0.15, 0.2) is 9.84 Å². The molecule has 0 radical (unpaired) electrons. The Balaban J connectivity index is 1.29. The summed E-state index contributed by atoms with van der Waals surface area (Å²) in [6, 6.07) is 2.49. The molecule has 10 nitrogen and oxygen atoms in total. The van der Waals surface area contributed by atoms with E-state index in [0.717, 1.165) is 86.1 Å². The second kappa shape index (κ2) is 12.9. The van der Waals surface area contributed by atoms with Crippen LogP contribution in [0.1, 0.15) is 57.1 Å². The molecule has 0 bridgehead atoms. The maximum absolute atomic E-state index is 12.2. The number of thiophene rings is 1. The van der Waals surface area contributed by atoms with Crippen molar-refractivity contribution in [3.8, 4) is 17.1 Å². The van der Waals surface area contributed by atoms with Gasteiger partial charge >= 0.3 is 0 Å². The molecule has 3 fully saturated rings. The van der Waals surface area contributed by atoms with Gasteiger partial charge in [0, 0.05) is 67.9 Å². The third-order valence-corrected chi connectivity index (χ3v) is 10.7. The molecule has 6 heterocycles. The summed E-state index contributed by atoms with van der Waals surface area (Å²) >= 11 is 1.66. The molecule has 3 aliphatic heterocycles. The van der Waals surface area contributed by atoms with Gasteiger partial charge in [-0.2, -0.15) is 0 Å². The van der Waals surface area contributed by atoms with Crippen molar-refractivity contribution in [3.63, 3.8) is 0 Å². The Kier molecular flexibility index (Phi) is 9.21. The van der Waals surface area contributed by atoms with E-state index in [1.54, 1.807) is 17.5 Å². The lowest BCUT2D eigenvalue weighted by molar-refractivity contribution is -0.0865. The van der Waals surface area contributed by atoms with Crippen LogP contribution >= 0.6 is 11.3 Å².